The smallest absolute Gasteiger partial charge is 0.191 e. The van der Waals surface area contributed by atoms with Crippen molar-refractivity contribution >= 4 is 5.96 Å². The largest absolute Gasteiger partial charge is 0.356 e. The van der Waals surface area contributed by atoms with Gasteiger partial charge in [0.1, 0.15) is 12.2 Å². The van der Waals surface area contributed by atoms with Crippen molar-refractivity contribution in [3.8, 4) is 0 Å². The summed E-state index contributed by atoms with van der Waals surface area (Å²) in [5.74, 6) is 1.90. The second-order valence-corrected chi connectivity index (χ2v) is 5.84. The Hall–Kier alpha value is -1.59. The van der Waals surface area contributed by atoms with Crippen LogP contribution in [0.1, 0.15) is 64.6 Å². The fourth-order valence-corrected chi connectivity index (χ4v) is 2.54. The predicted octanol–water partition coefficient (Wildman–Crippen LogP) is 2.76. The van der Waals surface area contributed by atoms with Gasteiger partial charge in [-0.3, -0.25) is 4.99 Å². The van der Waals surface area contributed by atoms with E-state index in [1.165, 1.54) is 44.9 Å². The molecular formula is C17H34N6. The van der Waals surface area contributed by atoms with Crippen LogP contribution in [-0.4, -0.2) is 40.9 Å². The van der Waals surface area contributed by atoms with Gasteiger partial charge in [0, 0.05) is 33.1 Å². The average molecular weight is 323 g/mol. The molecule has 0 fully saturated rings. The van der Waals surface area contributed by atoms with Gasteiger partial charge in [0.2, 0.25) is 0 Å². The van der Waals surface area contributed by atoms with E-state index in [0.717, 1.165) is 37.8 Å². The second kappa shape index (κ2) is 12.9. The fourth-order valence-electron chi connectivity index (χ4n) is 2.54. The van der Waals surface area contributed by atoms with Crippen molar-refractivity contribution < 1.29 is 0 Å². The summed E-state index contributed by atoms with van der Waals surface area (Å²) < 4.78 is 2.08. The molecule has 0 radical (unpaired) electrons. The molecule has 0 spiro atoms. The van der Waals surface area contributed by atoms with Crippen LogP contribution in [0.3, 0.4) is 0 Å². The highest BCUT2D eigenvalue weighted by molar-refractivity contribution is 5.79. The van der Waals surface area contributed by atoms with Crippen LogP contribution < -0.4 is 10.6 Å². The van der Waals surface area contributed by atoms with E-state index in [9.17, 15) is 0 Å². The van der Waals surface area contributed by atoms with Gasteiger partial charge in [-0.05, 0) is 6.42 Å². The Morgan fingerprint density at radius 3 is 2.43 bits per heavy atom. The number of rotatable bonds is 12. The minimum Gasteiger partial charge on any atom is -0.356 e. The average Bonchev–Trinajstić information content (AvgIpc) is 3.03. The first-order valence-electron chi connectivity index (χ1n) is 9.13. The molecule has 0 aliphatic heterocycles. The number of aryl methyl sites for hydroxylation is 1. The number of aliphatic imine (C=N–C) groups is 1. The lowest BCUT2D eigenvalue weighted by Crippen LogP contribution is -2.39. The molecule has 1 aromatic rings. The van der Waals surface area contributed by atoms with E-state index in [1.807, 2.05) is 7.05 Å². The molecular weight excluding hydrogens is 288 g/mol. The summed E-state index contributed by atoms with van der Waals surface area (Å²) in [6.07, 6.45) is 12.0. The molecule has 0 saturated heterocycles. The molecule has 0 saturated carbocycles. The first-order valence-corrected chi connectivity index (χ1v) is 9.13. The van der Waals surface area contributed by atoms with Gasteiger partial charge in [-0.15, -0.1) is 10.2 Å². The van der Waals surface area contributed by atoms with Gasteiger partial charge < -0.3 is 15.2 Å². The summed E-state index contributed by atoms with van der Waals surface area (Å²) >= 11 is 0. The Morgan fingerprint density at radius 2 is 1.74 bits per heavy atom. The monoisotopic (exact) mass is 322 g/mol. The molecule has 1 aromatic heterocycles. The van der Waals surface area contributed by atoms with E-state index in [4.69, 9.17) is 0 Å². The topological polar surface area (TPSA) is 67.1 Å². The molecule has 6 heteroatoms. The van der Waals surface area contributed by atoms with E-state index < -0.39 is 0 Å². The van der Waals surface area contributed by atoms with Gasteiger partial charge in [0.05, 0.1) is 0 Å². The third-order valence-corrected chi connectivity index (χ3v) is 3.95. The highest BCUT2D eigenvalue weighted by Crippen LogP contribution is 2.06. The molecule has 1 rings (SSSR count). The second-order valence-electron chi connectivity index (χ2n) is 5.84. The zero-order valence-electron chi connectivity index (χ0n) is 15.1. The molecule has 0 amide bonds. The maximum atomic E-state index is 4.26. The van der Waals surface area contributed by atoms with Crippen LogP contribution in [-0.2, 0) is 13.0 Å². The standard InChI is InChI=1S/C17H34N6/c1-4-6-7-8-9-10-11-12-19-17(18-3)20-13-14-23-15-21-22-16(23)5-2/h15H,4-14H2,1-3H3,(H2,18,19,20). The van der Waals surface area contributed by atoms with Gasteiger partial charge in [0.15, 0.2) is 5.96 Å². The Morgan fingerprint density at radius 1 is 1.04 bits per heavy atom. The van der Waals surface area contributed by atoms with Crippen molar-refractivity contribution in [1.29, 1.82) is 0 Å². The molecule has 0 aliphatic rings. The summed E-state index contributed by atoms with van der Waals surface area (Å²) in [5, 5.41) is 14.8. The molecule has 0 aromatic carbocycles. The van der Waals surface area contributed by atoms with Crippen LogP contribution in [0.5, 0.6) is 0 Å². The molecule has 132 valence electrons. The summed E-state index contributed by atoms with van der Waals surface area (Å²) in [5.41, 5.74) is 0. The Bertz CT molecular complexity index is 426. The number of guanidine groups is 1. The van der Waals surface area contributed by atoms with Crippen molar-refractivity contribution in [2.24, 2.45) is 4.99 Å². The summed E-state index contributed by atoms with van der Waals surface area (Å²) in [6, 6.07) is 0. The van der Waals surface area contributed by atoms with Crippen molar-refractivity contribution in [2.45, 2.75) is 71.8 Å². The van der Waals surface area contributed by atoms with Crippen molar-refractivity contribution in [1.82, 2.24) is 25.4 Å². The number of aromatic nitrogens is 3. The summed E-state index contributed by atoms with van der Waals surface area (Å²) in [4.78, 5) is 4.26. The first-order chi connectivity index (χ1) is 11.3. The number of unbranched alkanes of at least 4 members (excludes halogenated alkanes) is 6. The van der Waals surface area contributed by atoms with Crippen LogP contribution >= 0.6 is 0 Å². The zero-order chi connectivity index (χ0) is 16.8. The number of nitrogens with zero attached hydrogens (tertiary/aromatic N) is 4. The minimum absolute atomic E-state index is 0.821. The lowest BCUT2D eigenvalue weighted by molar-refractivity contribution is 0.581. The Balaban J connectivity index is 2.06. The van der Waals surface area contributed by atoms with Crippen LogP contribution in [0.25, 0.3) is 0 Å². The lowest BCUT2D eigenvalue weighted by atomic mass is 10.1. The van der Waals surface area contributed by atoms with Gasteiger partial charge in [-0.25, -0.2) is 0 Å². The molecule has 0 atom stereocenters. The molecule has 6 nitrogen and oxygen atoms in total. The van der Waals surface area contributed by atoms with Crippen molar-refractivity contribution in [3.63, 3.8) is 0 Å². The van der Waals surface area contributed by atoms with E-state index in [1.54, 1.807) is 6.33 Å². The number of nitrogens with one attached hydrogen (secondary N) is 2. The lowest BCUT2D eigenvalue weighted by Gasteiger charge is -2.12. The number of hydrogen-bond acceptors (Lipinski definition) is 3. The zero-order valence-corrected chi connectivity index (χ0v) is 15.1. The highest BCUT2D eigenvalue weighted by Gasteiger charge is 2.02. The summed E-state index contributed by atoms with van der Waals surface area (Å²) in [7, 11) is 1.82. The van der Waals surface area contributed by atoms with E-state index in [2.05, 4.69) is 44.2 Å². The van der Waals surface area contributed by atoms with Crippen LogP contribution in [0, 0.1) is 0 Å². The van der Waals surface area contributed by atoms with Gasteiger partial charge in [-0.2, -0.15) is 0 Å². The fraction of sp³-hybridized carbons (Fsp3) is 0.824. The van der Waals surface area contributed by atoms with Gasteiger partial charge in [0.25, 0.3) is 0 Å². The molecule has 0 bridgehead atoms. The molecule has 23 heavy (non-hydrogen) atoms. The van der Waals surface area contributed by atoms with Gasteiger partial charge in [-0.1, -0.05) is 52.4 Å². The molecule has 0 aliphatic carbocycles. The Kier molecular flexibility index (Phi) is 10.9. The maximum absolute atomic E-state index is 4.26. The minimum atomic E-state index is 0.821. The van der Waals surface area contributed by atoms with E-state index in [-0.39, 0.29) is 0 Å². The molecule has 1 heterocycles. The van der Waals surface area contributed by atoms with Crippen molar-refractivity contribution in [2.75, 3.05) is 20.1 Å². The van der Waals surface area contributed by atoms with Crippen LogP contribution in [0.4, 0.5) is 0 Å². The van der Waals surface area contributed by atoms with Crippen LogP contribution in [0.15, 0.2) is 11.3 Å². The molecule has 0 unspecified atom stereocenters. The van der Waals surface area contributed by atoms with E-state index >= 15 is 0 Å². The first kappa shape index (κ1) is 19.5. The highest BCUT2D eigenvalue weighted by atomic mass is 15.3. The third kappa shape index (κ3) is 8.57. The van der Waals surface area contributed by atoms with Crippen molar-refractivity contribution in [3.05, 3.63) is 12.2 Å². The SMILES string of the molecule is CCCCCCCCCNC(=NC)NCCn1cnnc1CC. The maximum Gasteiger partial charge on any atom is 0.191 e. The third-order valence-electron chi connectivity index (χ3n) is 3.95. The van der Waals surface area contributed by atoms with Gasteiger partial charge >= 0.3 is 0 Å². The predicted molar refractivity (Wildman–Crippen MR) is 96.8 cm³/mol. The van der Waals surface area contributed by atoms with E-state index in [0.29, 0.717) is 0 Å². The normalized spacial score (nSPS) is 11.7. The number of hydrogen-bond donors (Lipinski definition) is 2. The van der Waals surface area contributed by atoms with Crippen LogP contribution in [0.2, 0.25) is 0 Å². The Labute approximate surface area is 141 Å². The molecule has 2 N–H and O–H groups in total. The quantitative estimate of drug-likeness (QED) is 0.353. The summed E-state index contributed by atoms with van der Waals surface area (Å²) in [6.45, 7) is 7.02.